The molecule has 238 valence electrons. The van der Waals surface area contributed by atoms with Crippen molar-refractivity contribution < 1.29 is 28.2 Å². The Hall–Kier alpha value is -3.35. The lowest BCUT2D eigenvalue weighted by atomic mass is 9.89. The maximum absolute atomic E-state index is 13.3. The number of carbonyl (C=O) groups is 2. The molecule has 1 unspecified atom stereocenters. The van der Waals surface area contributed by atoms with Gasteiger partial charge >= 0.3 is 12.0 Å². The molecule has 0 radical (unpaired) electrons. The molecule has 0 saturated heterocycles. The average Bonchev–Trinajstić information content (AvgIpc) is 3.37. The van der Waals surface area contributed by atoms with Gasteiger partial charge in [-0.1, -0.05) is 75.1 Å². The smallest absolute Gasteiger partial charge is 0.341 e. The van der Waals surface area contributed by atoms with E-state index in [4.69, 9.17) is 0 Å². The zero-order chi connectivity index (χ0) is 31.9. The zero-order valence-corrected chi connectivity index (χ0v) is 27.1. The molecular formula is C32H42N4O6S2. The quantitative estimate of drug-likeness (QED) is 0.178. The van der Waals surface area contributed by atoms with Crippen LogP contribution in [0.25, 0.3) is 11.1 Å². The Labute approximate surface area is 263 Å². The SMILES string of the molecule is CCCCc1nc(SC)c(C(C)(O)C(=O)O)n1Cc1ccc(-c2ccccc2S(=O)(=O)NC(=O)NCC2CCCCC2)cc1. The highest BCUT2D eigenvalue weighted by Crippen LogP contribution is 2.33. The third-order valence-electron chi connectivity index (χ3n) is 8.12. The number of carboxylic acids is 1. The van der Waals surface area contributed by atoms with Gasteiger partial charge in [0.15, 0.2) is 0 Å². The highest BCUT2D eigenvalue weighted by molar-refractivity contribution is 7.98. The van der Waals surface area contributed by atoms with Crippen molar-refractivity contribution in [1.29, 1.82) is 0 Å². The molecule has 1 aliphatic rings. The Morgan fingerprint density at radius 2 is 1.77 bits per heavy atom. The number of aryl methyl sites for hydroxylation is 1. The predicted molar refractivity (Wildman–Crippen MR) is 171 cm³/mol. The van der Waals surface area contributed by atoms with Crippen molar-refractivity contribution in [2.45, 2.75) is 87.3 Å². The summed E-state index contributed by atoms with van der Waals surface area (Å²) in [4.78, 5) is 29.2. The number of carboxylic acid groups (broad SMARTS) is 1. The summed E-state index contributed by atoms with van der Waals surface area (Å²) < 4.78 is 30.5. The molecule has 1 aliphatic carbocycles. The number of nitrogens with zero attached hydrogens (tertiary/aromatic N) is 2. The number of amides is 2. The van der Waals surface area contributed by atoms with E-state index in [2.05, 4.69) is 21.9 Å². The minimum Gasteiger partial charge on any atom is -0.479 e. The number of nitrogens with one attached hydrogen (secondary N) is 2. The molecule has 4 rings (SSSR count). The van der Waals surface area contributed by atoms with E-state index >= 15 is 0 Å². The topological polar surface area (TPSA) is 151 Å². The number of unbranched alkanes of at least 4 members (excludes halogenated alkanes) is 1. The summed E-state index contributed by atoms with van der Waals surface area (Å²) in [5, 5.41) is 24.0. The molecule has 4 N–H and O–H groups in total. The first-order chi connectivity index (χ1) is 21.0. The lowest BCUT2D eigenvalue weighted by molar-refractivity contribution is -0.158. The summed E-state index contributed by atoms with van der Waals surface area (Å²) in [6.45, 7) is 4.04. The van der Waals surface area contributed by atoms with Crippen molar-refractivity contribution in [1.82, 2.24) is 19.6 Å². The van der Waals surface area contributed by atoms with E-state index in [1.54, 1.807) is 41.2 Å². The summed E-state index contributed by atoms with van der Waals surface area (Å²) in [5.41, 5.74) is -0.0102. The van der Waals surface area contributed by atoms with Crippen LogP contribution in [0.1, 0.15) is 75.9 Å². The molecule has 0 aliphatic heterocycles. The largest absolute Gasteiger partial charge is 0.479 e. The predicted octanol–water partition coefficient (Wildman–Crippen LogP) is 5.52. The summed E-state index contributed by atoms with van der Waals surface area (Å²) in [5.74, 6) is -0.298. The maximum atomic E-state index is 13.3. The Kier molecular flexibility index (Phi) is 11.1. The van der Waals surface area contributed by atoms with Crippen molar-refractivity contribution in [2.75, 3.05) is 12.8 Å². The Balaban J connectivity index is 1.57. The van der Waals surface area contributed by atoms with Gasteiger partial charge in [0, 0.05) is 25.1 Å². The van der Waals surface area contributed by atoms with Crippen molar-refractivity contribution >= 4 is 33.8 Å². The molecule has 0 bridgehead atoms. The maximum Gasteiger partial charge on any atom is 0.341 e. The molecule has 10 nitrogen and oxygen atoms in total. The second-order valence-electron chi connectivity index (χ2n) is 11.5. The molecule has 3 aromatic rings. The van der Waals surface area contributed by atoms with Gasteiger partial charge < -0.3 is 20.1 Å². The number of imidazole rings is 1. The minimum atomic E-state index is -4.15. The fourth-order valence-corrected chi connectivity index (χ4v) is 7.50. The van der Waals surface area contributed by atoms with Gasteiger partial charge in [0.1, 0.15) is 10.9 Å². The van der Waals surface area contributed by atoms with Crippen LogP contribution in [0.2, 0.25) is 0 Å². The first-order valence-corrected chi connectivity index (χ1v) is 17.8. The van der Waals surface area contributed by atoms with Crippen molar-refractivity contribution in [3.05, 3.63) is 65.6 Å². The molecule has 1 heterocycles. The highest BCUT2D eigenvalue weighted by Gasteiger charge is 2.39. The molecule has 1 aromatic heterocycles. The molecular weight excluding hydrogens is 601 g/mol. The van der Waals surface area contributed by atoms with Gasteiger partial charge in [-0.2, -0.15) is 0 Å². The van der Waals surface area contributed by atoms with Crippen LogP contribution in [0.15, 0.2) is 58.5 Å². The van der Waals surface area contributed by atoms with Gasteiger partial charge in [-0.25, -0.2) is 27.7 Å². The number of aliphatic carboxylic acids is 1. The first-order valence-electron chi connectivity index (χ1n) is 15.1. The molecule has 44 heavy (non-hydrogen) atoms. The molecule has 1 fully saturated rings. The van der Waals surface area contributed by atoms with Gasteiger partial charge in [0.2, 0.25) is 5.60 Å². The third-order valence-corrected chi connectivity index (χ3v) is 10.2. The lowest BCUT2D eigenvalue weighted by Gasteiger charge is -2.22. The monoisotopic (exact) mass is 642 g/mol. The number of hydrogen-bond acceptors (Lipinski definition) is 7. The number of urea groups is 1. The molecule has 2 amide bonds. The van der Waals surface area contributed by atoms with Crippen LogP contribution in [-0.4, -0.2) is 53.0 Å². The first kappa shape index (κ1) is 33.5. The Morgan fingerprint density at radius 3 is 2.41 bits per heavy atom. The van der Waals surface area contributed by atoms with Crippen LogP contribution < -0.4 is 10.0 Å². The van der Waals surface area contributed by atoms with E-state index in [0.29, 0.717) is 40.9 Å². The highest BCUT2D eigenvalue weighted by atomic mass is 32.2. The molecule has 1 saturated carbocycles. The van der Waals surface area contributed by atoms with Crippen molar-refractivity contribution in [3.8, 4) is 11.1 Å². The van der Waals surface area contributed by atoms with Crippen molar-refractivity contribution in [3.63, 3.8) is 0 Å². The number of aromatic nitrogens is 2. The van der Waals surface area contributed by atoms with Crippen LogP contribution >= 0.6 is 11.8 Å². The van der Waals surface area contributed by atoms with E-state index < -0.39 is 27.6 Å². The normalized spacial score (nSPS) is 15.5. The summed E-state index contributed by atoms with van der Waals surface area (Å²) in [6.07, 6.45) is 9.74. The van der Waals surface area contributed by atoms with Gasteiger partial charge in [-0.05, 0) is 55.6 Å². The Morgan fingerprint density at radius 1 is 1.09 bits per heavy atom. The standard InChI is InChI=1S/C32H42N4O6S2/c1-4-5-15-27-34-29(43-3)28(32(2,40)30(37)38)36(27)21-23-16-18-24(19-17-23)25-13-9-10-14-26(25)44(41,42)35-31(39)33-20-22-11-7-6-8-12-22/h9-10,13-14,16-19,22,40H,4-8,11-12,15,20-21H2,1-3H3,(H,37,38)(H2,33,35,39). The van der Waals surface area contributed by atoms with E-state index in [9.17, 15) is 28.2 Å². The lowest BCUT2D eigenvalue weighted by Crippen LogP contribution is -2.41. The minimum absolute atomic E-state index is 0.0126. The third kappa shape index (κ3) is 7.83. The Bertz CT molecular complexity index is 1560. The number of aliphatic hydroxyl groups is 1. The average molecular weight is 643 g/mol. The van der Waals surface area contributed by atoms with Crippen molar-refractivity contribution in [2.24, 2.45) is 5.92 Å². The summed E-state index contributed by atoms with van der Waals surface area (Å²) >= 11 is 1.29. The number of benzene rings is 2. The fourth-order valence-electron chi connectivity index (χ4n) is 5.64. The van der Waals surface area contributed by atoms with Gasteiger partial charge in [-0.15, -0.1) is 11.8 Å². The van der Waals surface area contributed by atoms with E-state index in [1.807, 2.05) is 12.1 Å². The van der Waals surface area contributed by atoms with Crippen LogP contribution in [0, 0.1) is 5.92 Å². The van der Waals surface area contributed by atoms with Crippen LogP contribution in [0.4, 0.5) is 4.79 Å². The van der Waals surface area contributed by atoms with Crippen LogP contribution in [0.5, 0.6) is 0 Å². The van der Waals surface area contributed by atoms with Gasteiger partial charge in [0.25, 0.3) is 10.0 Å². The van der Waals surface area contributed by atoms with Gasteiger partial charge in [0.05, 0.1) is 10.6 Å². The van der Waals surface area contributed by atoms with Crippen LogP contribution in [0.3, 0.4) is 0 Å². The molecule has 12 heteroatoms. The number of sulfonamides is 1. The second-order valence-corrected chi connectivity index (χ2v) is 13.9. The fraction of sp³-hybridized carbons (Fsp3) is 0.469. The number of thioether (sulfide) groups is 1. The van der Waals surface area contributed by atoms with E-state index in [-0.39, 0.29) is 17.1 Å². The summed E-state index contributed by atoms with van der Waals surface area (Å²) in [6, 6.07) is 13.0. The zero-order valence-electron chi connectivity index (χ0n) is 25.5. The molecule has 2 aromatic carbocycles. The van der Waals surface area contributed by atoms with E-state index in [1.165, 1.54) is 31.2 Å². The molecule has 0 spiro atoms. The van der Waals surface area contributed by atoms with E-state index in [0.717, 1.165) is 44.1 Å². The number of rotatable bonds is 13. The second kappa shape index (κ2) is 14.6. The van der Waals surface area contributed by atoms with Crippen LogP contribution in [-0.2, 0) is 33.4 Å². The number of carbonyl (C=O) groups excluding carboxylic acids is 1. The number of hydrogen-bond donors (Lipinski definition) is 4. The summed E-state index contributed by atoms with van der Waals surface area (Å²) in [7, 11) is -4.15. The molecule has 1 atom stereocenters. The van der Waals surface area contributed by atoms with Gasteiger partial charge in [-0.3, -0.25) is 0 Å².